The number of hydrogen-bond acceptors (Lipinski definition) is 4. The minimum absolute atomic E-state index is 0.299. The lowest BCUT2D eigenvalue weighted by molar-refractivity contribution is 0.0447. The highest BCUT2D eigenvalue weighted by atomic mass is 16.5. The summed E-state index contributed by atoms with van der Waals surface area (Å²) in [7, 11) is 0. The second-order valence-corrected chi connectivity index (χ2v) is 13.7. The van der Waals surface area contributed by atoms with Crippen LogP contribution in [-0.2, 0) is 11.2 Å². The van der Waals surface area contributed by atoms with Crippen molar-refractivity contribution in [3.63, 3.8) is 0 Å². The highest BCUT2D eigenvalue weighted by molar-refractivity contribution is 5.91. The van der Waals surface area contributed by atoms with E-state index in [1.54, 1.807) is 24.3 Å². The lowest BCUT2D eigenvalue weighted by Crippen LogP contribution is -2.11. The molecule has 0 radical (unpaired) electrons. The third-order valence-corrected chi connectivity index (χ3v) is 9.47. The second-order valence-electron chi connectivity index (χ2n) is 13.7. The average molecular weight is 655 g/mol. The fourth-order valence-corrected chi connectivity index (χ4v) is 5.96. The van der Waals surface area contributed by atoms with Gasteiger partial charge in [-0.3, -0.25) is 0 Å². The molecule has 3 rings (SSSR count). The van der Waals surface area contributed by atoms with Gasteiger partial charge in [-0.05, 0) is 71.8 Å². The highest BCUT2D eigenvalue weighted by Gasteiger charge is 2.11. The first-order valence-corrected chi connectivity index (χ1v) is 19.2. The van der Waals surface area contributed by atoms with Crippen molar-refractivity contribution < 1.29 is 19.1 Å². The normalized spacial score (nSPS) is 11.7. The van der Waals surface area contributed by atoms with Crippen LogP contribution in [0.3, 0.4) is 0 Å². The maximum atomic E-state index is 12.8. The van der Waals surface area contributed by atoms with Gasteiger partial charge in [0.15, 0.2) is 0 Å². The summed E-state index contributed by atoms with van der Waals surface area (Å²) < 4.78 is 11.0. The van der Waals surface area contributed by atoms with Gasteiger partial charge in [0, 0.05) is 0 Å². The van der Waals surface area contributed by atoms with E-state index in [1.807, 2.05) is 36.4 Å². The minimum Gasteiger partial charge on any atom is -0.462 e. The molecule has 0 aliphatic carbocycles. The SMILES string of the molecule is CCCCCCCCCCCCCCCCCCCc1ccc(C(=O)Oc2ccc(-c3ccc(C(=O)OCC(C)CC)cc3)cc2)cc1. The second kappa shape index (κ2) is 23.8. The Morgan fingerprint density at radius 3 is 1.42 bits per heavy atom. The Balaban J connectivity index is 1.25. The maximum Gasteiger partial charge on any atom is 0.343 e. The van der Waals surface area contributed by atoms with Crippen molar-refractivity contribution in [1.29, 1.82) is 0 Å². The van der Waals surface area contributed by atoms with E-state index in [4.69, 9.17) is 9.47 Å². The van der Waals surface area contributed by atoms with Crippen LogP contribution in [0.1, 0.15) is 163 Å². The van der Waals surface area contributed by atoms with Crippen LogP contribution in [0.25, 0.3) is 11.1 Å². The molecule has 0 fully saturated rings. The largest absolute Gasteiger partial charge is 0.462 e. The molecule has 0 bridgehead atoms. The molecule has 0 heterocycles. The lowest BCUT2D eigenvalue weighted by Gasteiger charge is -2.10. The Hall–Kier alpha value is -3.40. The summed E-state index contributed by atoms with van der Waals surface area (Å²) >= 11 is 0. The molecule has 4 nitrogen and oxygen atoms in total. The molecule has 3 aromatic rings. The number of aryl methyl sites for hydroxylation is 1. The van der Waals surface area contributed by atoms with Gasteiger partial charge >= 0.3 is 11.9 Å². The molecule has 0 aliphatic heterocycles. The zero-order valence-corrected chi connectivity index (χ0v) is 30.3. The van der Waals surface area contributed by atoms with Crippen LogP contribution in [0.2, 0.25) is 0 Å². The first-order chi connectivity index (χ1) is 23.5. The lowest BCUT2D eigenvalue weighted by atomic mass is 10.0. The van der Waals surface area contributed by atoms with Gasteiger partial charge in [-0.1, -0.05) is 166 Å². The van der Waals surface area contributed by atoms with Crippen molar-refractivity contribution in [2.75, 3.05) is 6.61 Å². The summed E-state index contributed by atoms with van der Waals surface area (Å²) in [5, 5.41) is 0. The fourth-order valence-electron chi connectivity index (χ4n) is 5.96. The molecule has 1 unspecified atom stereocenters. The Morgan fingerprint density at radius 1 is 0.521 bits per heavy atom. The highest BCUT2D eigenvalue weighted by Crippen LogP contribution is 2.24. The van der Waals surface area contributed by atoms with Crippen molar-refractivity contribution >= 4 is 11.9 Å². The van der Waals surface area contributed by atoms with Crippen LogP contribution in [0, 0.1) is 5.92 Å². The molecule has 0 saturated carbocycles. The molecule has 4 heteroatoms. The van der Waals surface area contributed by atoms with Gasteiger partial charge in [0.2, 0.25) is 0 Å². The summed E-state index contributed by atoms with van der Waals surface area (Å²) in [4.78, 5) is 25.0. The molecule has 1 atom stereocenters. The molecular formula is C44H62O4. The van der Waals surface area contributed by atoms with E-state index in [0.29, 0.717) is 29.4 Å². The first kappa shape index (κ1) is 39.0. The Kier molecular flexibility index (Phi) is 19.4. The number of ether oxygens (including phenoxy) is 2. The molecule has 48 heavy (non-hydrogen) atoms. The number of hydrogen-bond donors (Lipinski definition) is 0. The van der Waals surface area contributed by atoms with Gasteiger partial charge < -0.3 is 9.47 Å². The van der Waals surface area contributed by atoms with Gasteiger partial charge in [0.1, 0.15) is 5.75 Å². The van der Waals surface area contributed by atoms with E-state index in [0.717, 1.165) is 24.0 Å². The molecule has 3 aromatic carbocycles. The third-order valence-electron chi connectivity index (χ3n) is 9.47. The van der Waals surface area contributed by atoms with Crippen LogP contribution in [0.4, 0.5) is 0 Å². The number of carbonyl (C=O) groups is 2. The molecule has 0 spiro atoms. The zero-order chi connectivity index (χ0) is 34.2. The minimum atomic E-state index is -0.354. The number of unbranched alkanes of at least 4 members (excludes halogenated alkanes) is 16. The number of benzene rings is 3. The molecule has 0 N–H and O–H groups in total. The van der Waals surface area contributed by atoms with Crippen LogP contribution >= 0.6 is 0 Å². The van der Waals surface area contributed by atoms with Gasteiger partial charge in [-0.25, -0.2) is 9.59 Å². The summed E-state index contributed by atoms with van der Waals surface area (Å²) in [6.07, 6.45) is 25.6. The van der Waals surface area contributed by atoms with Gasteiger partial charge in [-0.2, -0.15) is 0 Å². The zero-order valence-electron chi connectivity index (χ0n) is 30.3. The molecular weight excluding hydrogens is 592 g/mol. The molecule has 0 aromatic heterocycles. The smallest absolute Gasteiger partial charge is 0.343 e. The predicted octanol–water partition coefficient (Wildman–Crippen LogP) is 13.0. The number of carbonyl (C=O) groups excluding carboxylic acids is 2. The summed E-state index contributed by atoms with van der Waals surface area (Å²) in [5.74, 6) is 0.199. The molecule has 0 amide bonds. The topological polar surface area (TPSA) is 52.6 Å². The van der Waals surface area contributed by atoms with Crippen LogP contribution in [-0.4, -0.2) is 18.5 Å². The number of esters is 2. The predicted molar refractivity (Wildman–Crippen MR) is 201 cm³/mol. The third kappa shape index (κ3) is 15.7. The average Bonchev–Trinajstić information content (AvgIpc) is 3.12. The Bertz CT molecular complexity index is 1280. The van der Waals surface area contributed by atoms with Crippen molar-refractivity contribution in [3.8, 4) is 16.9 Å². The molecule has 0 saturated heterocycles. The van der Waals surface area contributed by atoms with Crippen molar-refractivity contribution in [2.45, 2.75) is 143 Å². The summed E-state index contributed by atoms with van der Waals surface area (Å²) in [5.41, 5.74) is 4.32. The van der Waals surface area contributed by atoms with E-state index in [1.165, 1.54) is 115 Å². The van der Waals surface area contributed by atoms with E-state index in [9.17, 15) is 9.59 Å². The van der Waals surface area contributed by atoms with E-state index in [2.05, 4.69) is 32.9 Å². The van der Waals surface area contributed by atoms with Crippen molar-refractivity contribution in [1.82, 2.24) is 0 Å². The van der Waals surface area contributed by atoms with Gasteiger partial charge in [0.25, 0.3) is 0 Å². The quantitative estimate of drug-likeness (QED) is 0.0518. The van der Waals surface area contributed by atoms with E-state index in [-0.39, 0.29) is 11.9 Å². The van der Waals surface area contributed by atoms with Gasteiger partial charge in [0.05, 0.1) is 17.7 Å². The van der Waals surface area contributed by atoms with Crippen LogP contribution < -0.4 is 4.74 Å². The number of rotatable bonds is 25. The Morgan fingerprint density at radius 2 is 0.938 bits per heavy atom. The van der Waals surface area contributed by atoms with Gasteiger partial charge in [-0.15, -0.1) is 0 Å². The first-order valence-electron chi connectivity index (χ1n) is 19.2. The summed E-state index contributed by atoms with van der Waals surface area (Å²) in [6.45, 7) is 6.87. The standard InChI is InChI=1S/C44H62O4/c1-4-6-7-8-9-10-11-12-13-14-15-16-17-18-19-20-21-22-37-23-25-41(26-24-37)44(46)48-42-33-31-39(32-34-42)38-27-29-40(30-28-38)43(45)47-35-36(3)5-2/h23-34,36H,4-22,35H2,1-3H3. The maximum absolute atomic E-state index is 12.8. The fraction of sp³-hybridized carbons (Fsp3) is 0.545. The molecule has 0 aliphatic rings. The van der Waals surface area contributed by atoms with Crippen LogP contribution in [0.5, 0.6) is 5.75 Å². The van der Waals surface area contributed by atoms with Crippen LogP contribution in [0.15, 0.2) is 72.8 Å². The van der Waals surface area contributed by atoms with Crippen molar-refractivity contribution in [2.24, 2.45) is 5.92 Å². The summed E-state index contributed by atoms with van der Waals surface area (Å²) in [6, 6.07) is 22.7. The Labute approximate surface area is 292 Å². The monoisotopic (exact) mass is 654 g/mol. The van der Waals surface area contributed by atoms with E-state index < -0.39 is 0 Å². The van der Waals surface area contributed by atoms with E-state index >= 15 is 0 Å². The van der Waals surface area contributed by atoms with Crippen molar-refractivity contribution in [3.05, 3.63) is 89.5 Å². The molecule has 262 valence electrons.